The van der Waals surface area contributed by atoms with Gasteiger partial charge in [-0.15, -0.1) is 0 Å². The van der Waals surface area contributed by atoms with E-state index in [0.29, 0.717) is 43.6 Å². The van der Waals surface area contributed by atoms with Gasteiger partial charge in [-0.2, -0.15) is 0 Å². The van der Waals surface area contributed by atoms with Crippen molar-refractivity contribution in [1.82, 2.24) is 14.5 Å². The fourth-order valence-electron chi connectivity index (χ4n) is 7.04. The highest BCUT2D eigenvalue weighted by atomic mass is 32.2. The summed E-state index contributed by atoms with van der Waals surface area (Å²) in [5, 5.41) is 0.882. The van der Waals surface area contributed by atoms with E-state index in [1.54, 1.807) is 18.9 Å². The lowest BCUT2D eigenvalue weighted by molar-refractivity contribution is 0.0729. The van der Waals surface area contributed by atoms with Gasteiger partial charge in [0, 0.05) is 55.5 Å². The molecule has 49 heavy (non-hydrogen) atoms. The Balaban J connectivity index is 1.13. The molecule has 1 aromatic heterocycles. The number of ether oxygens (including phenoxy) is 2. The van der Waals surface area contributed by atoms with E-state index >= 15 is 0 Å². The van der Waals surface area contributed by atoms with Gasteiger partial charge in [0.2, 0.25) is 10.0 Å². The van der Waals surface area contributed by atoms with Crippen molar-refractivity contribution in [2.75, 3.05) is 51.8 Å². The molecule has 2 amide bonds. The number of sulfonamides is 1. The molecule has 2 aliphatic heterocycles. The topological polar surface area (TPSA) is 139 Å². The summed E-state index contributed by atoms with van der Waals surface area (Å²) < 4.78 is 44.3. The van der Waals surface area contributed by atoms with Crippen molar-refractivity contribution in [2.24, 2.45) is 0 Å². The van der Waals surface area contributed by atoms with Gasteiger partial charge in [-0.1, -0.05) is 0 Å². The van der Waals surface area contributed by atoms with Crippen molar-refractivity contribution < 1.29 is 31.9 Å². The van der Waals surface area contributed by atoms with Crippen LogP contribution in [0.4, 0.5) is 5.69 Å². The van der Waals surface area contributed by atoms with Crippen LogP contribution in [0.1, 0.15) is 76.4 Å². The maximum atomic E-state index is 13.8. The maximum Gasteiger partial charge on any atom is 0.341 e. The third-order valence-corrected chi connectivity index (χ3v) is 13.1. The van der Waals surface area contributed by atoms with Crippen molar-refractivity contribution in [2.45, 2.75) is 75.8 Å². The Bertz CT molecular complexity index is 1980. The largest absolute Gasteiger partial charge is 0.490 e. The molecule has 2 aromatic carbocycles. The molecule has 0 radical (unpaired) electrons. The monoisotopic (exact) mass is 692 g/mol. The van der Waals surface area contributed by atoms with Crippen molar-refractivity contribution in [3.63, 3.8) is 0 Å². The molecule has 2 aliphatic carbocycles. The van der Waals surface area contributed by atoms with E-state index in [4.69, 9.17) is 13.9 Å². The average molecular weight is 693 g/mol. The molecule has 1 N–H and O–H groups in total. The maximum absolute atomic E-state index is 13.8. The smallest absolute Gasteiger partial charge is 0.341 e. The fraction of sp³-hybridized carbons (Fsp3) is 0.528. The van der Waals surface area contributed by atoms with Crippen LogP contribution in [-0.2, 0) is 27.7 Å². The summed E-state index contributed by atoms with van der Waals surface area (Å²) in [6.45, 7) is 7.27. The summed E-state index contributed by atoms with van der Waals surface area (Å²) >= 11 is 0. The standard InChI is InChI=1S/C36H44N4O8S/c1-22-30(39-17-16-38(3)24(19-39)21-46-4)11-10-27-26-12-15-40(20-29(26)35(43)48-32(22)27)34(42)23-8-9-28(31(18-23)47-25-6-5-7-25)33(41)37-49(44,45)36(2)13-14-36/h8-11,18,24-25H,5-7,12-17,19-21H2,1-4H3,(H,37,41)/t24-/m1/s1. The van der Waals surface area contributed by atoms with Gasteiger partial charge >= 0.3 is 5.63 Å². The van der Waals surface area contributed by atoms with Gasteiger partial charge < -0.3 is 23.7 Å². The molecule has 4 aliphatic rings. The number of likely N-dealkylation sites (N-methyl/N-ethyl adjacent to an activating group) is 1. The normalized spacial score (nSPS) is 20.9. The zero-order chi connectivity index (χ0) is 34.7. The highest BCUT2D eigenvalue weighted by Gasteiger charge is 2.51. The zero-order valence-corrected chi connectivity index (χ0v) is 29.4. The van der Waals surface area contributed by atoms with E-state index in [1.165, 1.54) is 18.2 Å². The molecule has 3 heterocycles. The number of rotatable bonds is 9. The van der Waals surface area contributed by atoms with E-state index in [9.17, 15) is 22.8 Å². The number of amides is 2. The third kappa shape index (κ3) is 6.21. The number of carbonyl (C=O) groups excluding carboxylic acids is 2. The molecule has 7 rings (SSSR count). The van der Waals surface area contributed by atoms with Crippen LogP contribution in [0, 0.1) is 6.92 Å². The summed E-state index contributed by atoms with van der Waals surface area (Å²) in [4.78, 5) is 46.7. The second-order valence-electron chi connectivity index (χ2n) is 14.2. The molecule has 0 unspecified atom stereocenters. The Morgan fingerprint density at radius 2 is 1.86 bits per heavy atom. The summed E-state index contributed by atoms with van der Waals surface area (Å²) in [6, 6.07) is 8.85. The molecule has 0 spiro atoms. The van der Waals surface area contributed by atoms with E-state index in [2.05, 4.69) is 27.6 Å². The first kappa shape index (κ1) is 33.6. The van der Waals surface area contributed by atoms with Crippen LogP contribution in [0.5, 0.6) is 5.75 Å². The molecular formula is C36H44N4O8S. The number of carbonyl (C=O) groups is 2. The predicted molar refractivity (Wildman–Crippen MR) is 185 cm³/mol. The van der Waals surface area contributed by atoms with Crippen LogP contribution < -0.4 is 20.0 Å². The molecule has 0 bridgehead atoms. The fourth-order valence-corrected chi connectivity index (χ4v) is 8.28. The Kier molecular flexibility index (Phi) is 8.73. The summed E-state index contributed by atoms with van der Waals surface area (Å²) in [5.74, 6) is -0.924. The van der Waals surface area contributed by atoms with Crippen LogP contribution in [0.15, 0.2) is 39.5 Å². The minimum atomic E-state index is -3.86. The summed E-state index contributed by atoms with van der Waals surface area (Å²) in [7, 11) is -0.0377. The van der Waals surface area contributed by atoms with Crippen LogP contribution in [-0.4, -0.2) is 93.9 Å². The quantitative estimate of drug-likeness (QED) is 0.331. The van der Waals surface area contributed by atoms with E-state index in [0.717, 1.165) is 61.1 Å². The predicted octanol–water partition coefficient (Wildman–Crippen LogP) is 3.61. The minimum Gasteiger partial charge on any atom is -0.490 e. The summed E-state index contributed by atoms with van der Waals surface area (Å²) in [5.41, 5.74) is 3.78. The van der Waals surface area contributed by atoms with Gasteiger partial charge in [-0.05, 0) is 95.3 Å². The van der Waals surface area contributed by atoms with Gasteiger partial charge in [0.05, 0.1) is 41.2 Å². The highest BCUT2D eigenvalue weighted by molar-refractivity contribution is 7.91. The van der Waals surface area contributed by atoms with E-state index in [1.807, 2.05) is 13.0 Å². The number of benzene rings is 2. The van der Waals surface area contributed by atoms with Crippen LogP contribution in [0.3, 0.4) is 0 Å². The SMILES string of the molecule is COC[C@H]1CN(c2ccc3c4c(c(=O)oc3c2C)CN(C(=O)c2ccc(C(=O)NS(=O)(=O)C3(C)CC3)c(OC3CCC3)c2)CC4)CCN1C. The number of piperazine rings is 1. The van der Waals surface area contributed by atoms with Crippen molar-refractivity contribution in [3.05, 3.63) is 68.6 Å². The van der Waals surface area contributed by atoms with Gasteiger partial charge in [0.25, 0.3) is 11.8 Å². The summed E-state index contributed by atoms with van der Waals surface area (Å²) in [6.07, 6.45) is 3.98. The average Bonchev–Trinajstić information content (AvgIpc) is 3.83. The van der Waals surface area contributed by atoms with Crippen molar-refractivity contribution in [1.29, 1.82) is 0 Å². The van der Waals surface area contributed by atoms with Crippen LogP contribution in [0.25, 0.3) is 11.0 Å². The second-order valence-corrected chi connectivity index (χ2v) is 16.4. The van der Waals surface area contributed by atoms with Crippen LogP contribution in [0.2, 0.25) is 0 Å². The molecular weight excluding hydrogens is 648 g/mol. The number of nitrogens with zero attached hydrogens (tertiary/aromatic N) is 3. The molecule has 12 nitrogen and oxygen atoms in total. The number of hydrogen-bond acceptors (Lipinski definition) is 10. The lowest BCUT2D eigenvalue weighted by atomic mass is 9.95. The van der Waals surface area contributed by atoms with Crippen molar-refractivity contribution >= 4 is 38.5 Å². The highest BCUT2D eigenvalue weighted by Crippen LogP contribution is 2.42. The Labute approximate surface area is 286 Å². The number of hydrogen-bond donors (Lipinski definition) is 1. The molecule has 13 heteroatoms. The molecule has 1 atom stereocenters. The van der Waals surface area contributed by atoms with E-state index < -0.39 is 26.3 Å². The molecule has 2 saturated carbocycles. The van der Waals surface area contributed by atoms with Crippen LogP contribution >= 0.6 is 0 Å². The van der Waals surface area contributed by atoms with Crippen molar-refractivity contribution in [3.8, 4) is 5.75 Å². The molecule has 3 aromatic rings. The molecule has 262 valence electrons. The number of aryl methyl sites for hydroxylation is 1. The Hall–Kier alpha value is -3.94. The Morgan fingerprint density at radius 1 is 1.08 bits per heavy atom. The molecule has 3 fully saturated rings. The number of methoxy groups -OCH3 is 1. The first-order chi connectivity index (χ1) is 23.4. The van der Waals surface area contributed by atoms with Gasteiger partial charge in [-0.25, -0.2) is 17.9 Å². The van der Waals surface area contributed by atoms with Gasteiger partial charge in [0.15, 0.2) is 0 Å². The van der Waals surface area contributed by atoms with Gasteiger partial charge in [-0.3, -0.25) is 14.5 Å². The minimum absolute atomic E-state index is 0.0629. The lowest BCUT2D eigenvalue weighted by Crippen LogP contribution is -2.53. The lowest BCUT2D eigenvalue weighted by Gasteiger charge is -2.41. The third-order valence-electron chi connectivity index (χ3n) is 10.9. The molecule has 1 saturated heterocycles. The second kappa shape index (κ2) is 12.7. The van der Waals surface area contributed by atoms with E-state index in [-0.39, 0.29) is 41.5 Å². The Morgan fingerprint density at radius 3 is 2.55 bits per heavy atom. The van der Waals surface area contributed by atoms with Gasteiger partial charge in [0.1, 0.15) is 11.3 Å². The number of anilines is 1. The first-order valence-corrected chi connectivity index (χ1v) is 18.6. The first-order valence-electron chi connectivity index (χ1n) is 17.1. The number of fused-ring (bicyclic) bond motifs is 3. The number of nitrogens with one attached hydrogen (secondary N) is 1. The zero-order valence-electron chi connectivity index (χ0n) is 28.5.